The number of amides is 2. The van der Waals surface area contributed by atoms with E-state index in [1.807, 2.05) is 6.07 Å². The number of nitrogens with one attached hydrogen (secondary N) is 2. The van der Waals surface area contributed by atoms with E-state index in [2.05, 4.69) is 42.5 Å². The van der Waals surface area contributed by atoms with E-state index in [9.17, 15) is 20.0 Å². The lowest BCUT2D eigenvalue weighted by atomic mass is 10.1. The second-order valence-corrected chi connectivity index (χ2v) is 9.03. The number of carbonyl (C=O) groups excluding carboxylic acids is 2. The fourth-order valence-corrected chi connectivity index (χ4v) is 4.25. The molecule has 7 nitrogen and oxygen atoms in total. The van der Waals surface area contributed by atoms with Crippen molar-refractivity contribution < 1.29 is 19.4 Å². The lowest BCUT2D eigenvalue weighted by Gasteiger charge is -2.13. The molecule has 0 unspecified atom stereocenters. The number of aromatic hydroxyl groups is 1. The summed E-state index contributed by atoms with van der Waals surface area (Å²) in [6.07, 6.45) is 1.36. The molecule has 0 fully saturated rings. The SMILES string of the molecule is N#C/C(=C\c1cc(Br)cc(Br)c1OCC(=O)Nc1ccc(Cl)cc1)C(=O)Nc1ccc(O)cc1. The number of nitrogens with zero attached hydrogens (tertiary/aromatic N) is 1. The van der Waals surface area contributed by atoms with Gasteiger partial charge in [-0.3, -0.25) is 9.59 Å². The number of carbonyl (C=O) groups is 2. The fraction of sp³-hybridized carbons (Fsp3) is 0.0417. The molecule has 0 aliphatic heterocycles. The van der Waals surface area contributed by atoms with Crippen molar-refractivity contribution in [2.45, 2.75) is 0 Å². The zero-order chi connectivity index (χ0) is 24.7. The lowest BCUT2D eigenvalue weighted by Crippen LogP contribution is -2.20. The molecule has 0 saturated carbocycles. The summed E-state index contributed by atoms with van der Waals surface area (Å²) in [5, 5.41) is 24.8. The molecule has 34 heavy (non-hydrogen) atoms. The summed E-state index contributed by atoms with van der Waals surface area (Å²) in [5.41, 5.74) is 1.19. The lowest BCUT2D eigenvalue weighted by molar-refractivity contribution is -0.118. The summed E-state index contributed by atoms with van der Waals surface area (Å²) >= 11 is 12.6. The number of hydrogen-bond acceptors (Lipinski definition) is 5. The zero-order valence-electron chi connectivity index (χ0n) is 17.3. The molecule has 10 heteroatoms. The largest absolute Gasteiger partial charge is 0.508 e. The molecule has 0 aliphatic carbocycles. The normalized spacial score (nSPS) is 10.8. The third kappa shape index (κ3) is 7.09. The van der Waals surface area contributed by atoms with Crippen LogP contribution in [0.5, 0.6) is 11.5 Å². The molecular formula is C24H16Br2ClN3O4. The van der Waals surface area contributed by atoms with E-state index >= 15 is 0 Å². The quantitative estimate of drug-likeness (QED) is 0.170. The van der Waals surface area contributed by atoms with E-state index in [-0.39, 0.29) is 23.7 Å². The van der Waals surface area contributed by atoms with Crippen LogP contribution in [0.4, 0.5) is 11.4 Å². The van der Waals surface area contributed by atoms with Gasteiger partial charge in [0.2, 0.25) is 0 Å². The smallest absolute Gasteiger partial charge is 0.266 e. The van der Waals surface area contributed by atoms with E-state index in [0.29, 0.717) is 30.9 Å². The number of ether oxygens (including phenoxy) is 1. The number of hydrogen-bond donors (Lipinski definition) is 3. The standard InChI is InChI=1S/C24H16Br2ClN3O4/c25-16-10-14(9-15(12-28)24(33)30-19-5-7-20(31)8-6-19)23(21(26)11-16)34-13-22(32)29-18-3-1-17(27)2-4-18/h1-11,31H,13H2,(H,29,32)(H,30,33)/b15-9+. The Morgan fingerprint density at radius 2 is 1.65 bits per heavy atom. The van der Waals surface area contributed by atoms with Gasteiger partial charge in [-0.05, 0) is 82.7 Å². The molecule has 0 atom stereocenters. The molecule has 0 spiro atoms. The molecule has 3 rings (SSSR count). The van der Waals surface area contributed by atoms with Crippen molar-refractivity contribution in [2.24, 2.45) is 0 Å². The Morgan fingerprint density at radius 1 is 1.03 bits per heavy atom. The van der Waals surface area contributed by atoms with Gasteiger partial charge < -0.3 is 20.5 Å². The molecule has 2 amide bonds. The van der Waals surface area contributed by atoms with Crippen LogP contribution in [0.25, 0.3) is 6.08 Å². The summed E-state index contributed by atoms with van der Waals surface area (Å²) in [6, 6.07) is 17.7. The first-order valence-electron chi connectivity index (χ1n) is 9.64. The Hall–Kier alpha value is -3.32. The molecule has 0 heterocycles. The highest BCUT2D eigenvalue weighted by molar-refractivity contribution is 9.11. The van der Waals surface area contributed by atoms with Crippen molar-refractivity contribution in [3.8, 4) is 17.6 Å². The minimum atomic E-state index is -0.643. The Labute approximate surface area is 217 Å². The van der Waals surface area contributed by atoms with Crippen LogP contribution >= 0.6 is 43.5 Å². The van der Waals surface area contributed by atoms with Gasteiger partial charge in [-0.15, -0.1) is 0 Å². The first-order valence-corrected chi connectivity index (χ1v) is 11.6. The molecule has 3 N–H and O–H groups in total. The van der Waals surface area contributed by atoms with Crippen LogP contribution in [-0.4, -0.2) is 23.5 Å². The van der Waals surface area contributed by atoms with Crippen LogP contribution in [-0.2, 0) is 9.59 Å². The van der Waals surface area contributed by atoms with Gasteiger partial charge >= 0.3 is 0 Å². The summed E-state index contributed by atoms with van der Waals surface area (Å²) in [5.74, 6) is -0.720. The first kappa shape index (κ1) is 25.3. The minimum absolute atomic E-state index is 0.0509. The van der Waals surface area contributed by atoms with Gasteiger partial charge in [-0.2, -0.15) is 5.26 Å². The van der Waals surface area contributed by atoms with Gasteiger partial charge in [0.1, 0.15) is 23.1 Å². The number of halogens is 3. The molecule has 3 aromatic carbocycles. The van der Waals surface area contributed by atoms with Crippen LogP contribution in [0, 0.1) is 11.3 Å². The Morgan fingerprint density at radius 3 is 2.29 bits per heavy atom. The summed E-state index contributed by atoms with van der Waals surface area (Å²) in [7, 11) is 0. The molecule has 0 aliphatic rings. The highest BCUT2D eigenvalue weighted by Crippen LogP contribution is 2.34. The van der Waals surface area contributed by atoms with Crippen LogP contribution in [0.1, 0.15) is 5.56 Å². The fourth-order valence-electron chi connectivity index (χ4n) is 2.76. The van der Waals surface area contributed by atoms with Gasteiger partial charge in [0.05, 0.1) is 4.47 Å². The van der Waals surface area contributed by atoms with E-state index in [1.165, 1.54) is 30.3 Å². The maximum Gasteiger partial charge on any atom is 0.266 e. The summed E-state index contributed by atoms with van der Waals surface area (Å²) in [6.45, 7) is -0.314. The number of nitriles is 1. The molecule has 3 aromatic rings. The number of rotatable bonds is 7. The van der Waals surface area contributed by atoms with Crippen LogP contribution in [0.3, 0.4) is 0 Å². The number of benzene rings is 3. The second-order valence-electron chi connectivity index (χ2n) is 6.82. The highest BCUT2D eigenvalue weighted by atomic mass is 79.9. The van der Waals surface area contributed by atoms with Crippen molar-refractivity contribution in [3.63, 3.8) is 0 Å². The monoisotopic (exact) mass is 603 g/mol. The average Bonchev–Trinajstić information content (AvgIpc) is 2.79. The van der Waals surface area contributed by atoms with Crippen molar-refractivity contribution in [2.75, 3.05) is 17.2 Å². The van der Waals surface area contributed by atoms with Crippen molar-refractivity contribution in [3.05, 3.63) is 85.8 Å². The Bertz CT molecular complexity index is 1290. The maximum atomic E-state index is 12.6. The van der Waals surface area contributed by atoms with E-state index in [4.69, 9.17) is 16.3 Å². The minimum Gasteiger partial charge on any atom is -0.508 e. The predicted octanol–water partition coefficient (Wildman–Crippen LogP) is 6.13. The van der Waals surface area contributed by atoms with Crippen LogP contribution in [0.2, 0.25) is 5.02 Å². The van der Waals surface area contributed by atoms with E-state index < -0.39 is 11.8 Å². The third-order valence-electron chi connectivity index (χ3n) is 4.30. The van der Waals surface area contributed by atoms with Gasteiger partial charge in [0.15, 0.2) is 6.61 Å². The van der Waals surface area contributed by atoms with Gasteiger partial charge in [-0.1, -0.05) is 27.5 Å². The summed E-state index contributed by atoms with van der Waals surface area (Å²) in [4.78, 5) is 24.9. The van der Waals surface area contributed by atoms with E-state index in [1.54, 1.807) is 36.4 Å². The Kier molecular flexibility index (Phi) is 8.71. The Balaban J connectivity index is 1.79. The molecule has 0 aromatic heterocycles. The maximum absolute atomic E-state index is 12.6. The zero-order valence-corrected chi connectivity index (χ0v) is 21.2. The summed E-state index contributed by atoms with van der Waals surface area (Å²) < 4.78 is 6.90. The third-order valence-corrected chi connectivity index (χ3v) is 5.60. The topological polar surface area (TPSA) is 111 Å². The van der Waals surface area contributed by atoms with Gasteiger partial charge in [0, 0.05) is 26.4 Å². The predicted molar refractivity (Wildman–Crippen MR) is 138 cm³/mol. The van der Waals surface area contributed by atoms with Crippen LogP contribution in [0.15, 0.2) is 75.2 Å². The number of anilines is 2. The van der Waals surface area contributed by atoms with Gasteiger partial charge in [-0.25, -0.2) is 0 Å². The second kappa shape index (κ2) is 11.7. The average molecular weight is 606 g/mol. The van der Waals surface area contributed by atoms with Gasteiger partial charge in [0.25, 0.3) is 11.8 Å². The first-order chi connectivity index (χ1) is 16.2. The molecule has 0 bridgehead atoms. The molecule has 172 valence electrons. The van der Waals surface area contributed by atoms with Crippen molar-refractivity contribution in [1.29, 1.82) is 5.26 Å². The van der Waals surface area contributed by atoms with Crippen molar-refractivity contribution >= 4 is 72.7 Å². The molecule has 0 saturated heterocycles. The van der Waals surface area contributed by atoms with Crippen LogP contribution < -0.4 is 15.4 Å². The van der Waals surface area contributed by atoms with Crippen molar-refractivity contribution in [1.82, 2.24) is 0 Å². The highest BCUT2D eigenvalue weighted by Gasteiger charge is 2.15. The molecular weight excluding hydrogens is 590 g/mol. The number of phenolic OH excluding ortho intramolecular Hbond substituents is 1. The molecule has 0 radical (unpaired) electrons. The number of phenols is 1. The van der Waals surface area contributed by atoms with E-state index in [0.717, 1.165) is 0 Å².